The summed E-state index contributed by atoms with van der Waals surface area (Å²) in [6.07, 6.45) is 4.49. The molecule has 0 atom stereocenters. The summed E-state index contributed by atoms with van der Waals surface area (Å²) >= 11 is 0. The monoisotopic (exact) mass is 307 g/mol. The van der Waals surface area contributed by atoms with Crippen LogP contribution in [0.4, 0.5) is 5.69 Å². The molecule has 1 aromatic carbocycles. The Labute approximate surface area is 123 Å². The third-order valence-electron chi connectivity index (χ3n) is 3.87. The van der Waals surface area contributed by atoms with Crippen molar-refractivity contribution in [3.8, 4) is 0 Å². The Morgan fingerprint density at radius 1 is 1.05 bits per heavy atom. The molecule has 1 saturated carbocycles. The Kier molecular flexibility index (Phi) is 3.71. The molecule has 5 nitrogen and oxygen atoms in total. The lowest BCUT2D eigenvalue weighted by molar-refractivity contribution is 0.486. The van der Waals surface area contributed by atoms with E-state index in [1.807, 2.05) is 0 Å². The van der Waals surface area contributed by atoms with Crippen molar-refractivity contribution in [2.24, 2.45) is 0 Å². The molecule has 0 saturated heterocycles. The van der Waals surface area contributed by atoms with E-state index < -0.39 is 15.6 Å². The summed E-state index contributed by atoms with van der Waals surface area (Å²) < 4.78 is 32.4. The molecular weight excluding hydrogens is 290 g/mol. The van der Waals surface area contributed by atoms with Crippen molar-refractivity contribution in [2.45, 2.75) is 37.4 Å². The fourth-order valence-electron chi connectivity index (χ4n) is 2.76. The number of fused-ring (bicyclic) bond motifs is 1. The number of nitrogens with one attached hydrogen (secondary N) is 1. The van der Waals surface area contributed by atoms with Gasteiger partial charge in [0.25, 0.3) is 0 Å². The van der Waals surface area contributed by atoms with E-state index in [9.17, 15) is 13.2 Å². The maximum Gasteiger partial charge on any atom is 0.336 e. The van der Waals surface area contributed by atoms with Gasteiger partial charge in [0.15, 0.2) is 0 Å². The minimum atomic E-state index is -3.36. The van der Waals surface area contributed by atoms with Crippen molar-refractivity contribution in [1.82, 2.24) is 0 Å². The van der Waals surface area contributed by atoms with E-state index in [1.54, 1.807) is 24.3 Å². The summed E-state index contributed by atoms with van der Waals surface area (Å²) in [4.78, 5) is 11.1. The third-order valence-corrected chi connectivity index (χ3v) is 5.74. The topological polar surface area (TPSA) is 76.4 Å². The first kappa shape index (κ1) is 14.1. The number of hydrogen-bond donors (Lipinski definition) is 1. The van der Waals surface area contributed by atoms with E-state index >= 15 is 0 Å². The summed E-state index contributed by atoms with van der Waals surface area (Å²) in [6.45, 7) is 0. The lowest BCUT2D eigenvalue weighted by Gasteiger charge is -2.22. The molecule has 21 heavy (non-hydrogen) atoms. The summed E-state index contributed by atoms with van der Waals surface area (Å²) in [5.41, 5.74) is 0.531. The Bertz CT molecular complexity index is 804. The zero-order valence-electron chi connectivity index (χ0n) is 11.5. The SMILES string of the molecule is O=c1ccc2cc(NS(=O)(=O)C3CCCCC3)ccc2o1. The number of rotatable bonds is 3. The van der Waals surface area contributed by atoms with Gasteiger partial charge in [-0.3, -0.25) is 4.72 Å². The van der Waals surface area contributed by atoms with Crippen molar-refractivity contribution >= 4 is 26.7 Å². The van der Waals surface area contributed by atoms with Crippen LogP contribution in [0.2, 0.25) is 0 Å². The Morgan fingerprint density at radius 2 is 1.81 bits per heavy atom. The molecule has 0 amide bonds. The average Bonchev–Trinajstić information content (AvgIpc) is 2.48. The standard InChI is InChI=1S/C15H17NO4S/c17-15-9-6-11-10-12(7-8-14(11)20-15)16-21(18,19)13-4-2-1-3-5-13/h6-10,13,16H,1-5H2. The van der Waals surface area contributed by atoms with E-state index in [2.05, 4.69) is 4.72 Å². The maximum atomic E-state index is 12.4. The highest BCUT2D eigenvalue weighted by Gasteiger charge is 2.27. The highest BCUT2D eigenvalue weighted by molar-refractivity contribution is 7.93. The minimum Gasteiger partial charge on any atom is -0.423 e. The van der Waals surface area contributed by atoms with Crippen LogP contribution in [0, 0.1) is 0 Å². The Hall–Kier alpha value is -1.82. The van der Waals surface area contributed by atoms with Crippen LogP contribution in [-0.4, -0.2) is 13.7 Å². The molecule has 6 heteroatoms. The first-order valence-corrected chi connectivity index (χ1v) is 8.65. The van der Waals surface area contributed by atoms with Crippen LogP contribution in [0.25, 0.3) is 11.0 Å². The second kappa shape index (κ2) is 5.52. The molecule has 0 unspecified atom stereocenters. The molecule has 0 bridgehead atoms. The highest BCUT2D eigenvalue weighted by atomic mass is 32.2. The van der Waals surface area contributed by atoms with Crippen LogP contribution in [0.15, 0.2) is 39.5 Å². The van der Waals surface area contributed by atoms with Crippen molar-refractivity contribution in [2.75, 3.05) is 4.72 Å². The molecule has 1 aromatic heterocycles. The highest BCUT2D eigenvalue weighted by Crippen LogP contribution is 2.26. The Morgan fingerprint density at radius 3 is 2.57 bits per heavy atom. The lowest BCUT2D eigenvalue weighted by Crippen LogP contribution is -2.29. The fraction of sp³-hybridized carbons (Fsp3) is 0.400. The second-order valence-electron chi connectivity index (χ2n) is 5.41. The smallest absolute Gasteiger partial charge is 0.336 e. The van der Waals surface area contributed by atoms with E-state index in [0.29, 0.717) is 16.7 Å². The van der Waals surface area contributed by atoms with Crippen LogP contribution < -0.4 is 10.3 Å². The van der Waals surface area contributed by atoms with Gasteiger partial charge >= 0.3 is 5.63 Å². The van der Waals surface area contributed by atoms with Gasteiger partial charge in [-0.1, -0.05) is 19.3 Å². The van der Waals surface area contributed by atoms with Gasteiger partial charge in [-0.15, -0.1) is 0 Å². The van der Waals surface area contributed by atoms with Gasteiger partial charge in [0.05, 0.1) is 5.25 Å². The number of benzene rings is 1. The lowest BCUT2D eigenvalue weighted by atomic mass is 10.0. The molecule has 0 spiro atoms. The zero-order valence-corrected chi connectivity index (χ0v) is 12.4. The van der Waals surface area contributed by atoms with E-state index in [0.717, 1.165) is 32.1 Å². The van der Waals surface area contributed by atoms with Crippen LogP contribution in [0.5, 0.6) is 0 Å². The summed E-state index contributed by atoms with van der Waals surface area (Å²) in [6, 6.07) is 7.85. The molecule has 0 radical (unpaired) electrons. The maximum absolute atomic E-state index is 12.4. The molecule has 1 aliphatic carbocycles. The summed E-state index contributed by atoms with van der Waals surface area (Å²) in [5.74, 6) is 0. The molecular formula is C15H17NO4S. The van der Waals surface area contributed by atoms with E-state index in [-0.39, 0.29) is 5.25 Å². The summed E-state index contributed by atoms with van der Waals surface area (Å²) in [7, 11) is -3.36. The van der Waals surface area contributed by atoms with E-state index in [1.165, 1.54) is 6.07 Å². The minimum absolute atomic E-state index is 0.310. The molecule has 3 rings (SSSR count). The van der Waals surface area contributed by atoms with Crippen molar-refractivity contribution in [3.63, 3.8) is 0 Å². The fourth-order valence-corrected chi connectivity index (χ4v) is 4.33. The van der Waals surface area contributed by atoms with Crippen LogP contribution in [-0.2, 0) is 10.0 Å². The predicted octanol–water partition coefficient (Wildman–Crippen LogP) is 2.87. The third kappa shape index (κ3) is 3.10. The molecule has 112 valence electrons. The quantitative estimate of drug-likeness (QED) is 0.885. The molecule has 2 aromatic rings. The first-order valence-electron chi connectivity index (χ1n) is 7.10. The van der Waals surface area contributed by atoms with Gasteiger partial charge in [0.1, 0.15) is 5.58 Å². The molecule has 1 fully saturated rings. The Balaban J connectivity index is 1.87. The van der Waals surface area contributed by atoms with Gasteiger partial charge in [0, 0.05) is 17.1 Å². The average molecular weight is 307 g/mol. The predicted molar refractivity (Wildman–Crippen MR) is 81.9 cm³/mol. The van der Waals surface area contributed by atoms with Crippen molar-refractivity contribution < 1.29 is 12.8 Å². The first-order chi connectivity index (χ1) is 10.0. The molecule has 0 aliphatic heterocycles. The van der Waals surface area contributed by atoms with Crippen LogP contribution in [0.1, 0.15) is 32.1 Å². The van der Waals surface area contributed by atoms with Gasteiger partial charge in [-0.25, -0.2) is 13.2 Å². The van der Waals surface area contributed by atoms with Gasteiger partial charge in [-0.2, -0.15) is 0 Å². The number of anilines is 1. The van der Waals surface area contributed by atoms with Crippen LogP contribution >= 0.6 is 0 Å². The molecule has 1 N–H and O–H groups in total. The summed E-state index contributed by atoms with van der Waals surface area (Å²) in [5, 5.41) is 0.383. The second-order valence-corrected chi connectivity index (χ2v) is 7.37. The van der Waals surface area contributed by atoms with Crippen molar-refractivity contribution in [3.05, 3.63) is 40.8 Å². The molecule has 1 aliphatic rings. The zero-order chi connectivity index (χ0) is 14.9. The largest absolute Gasteiger partial charge is 0.423 e. The van der Waals surface area contributed by atoms with Crippen LogP contribution in [0.3, 0.4) is 0 Å². The van der Waals surface area contributed by atoms with Crippen molar-refractivity contribution in [1.29, 1.82) is 0 Å². The number of hydrogen-bond acceptors (Lipinski definition) is 4. The van der Waals surface area contributed by atoms with Gasteiger partial charge < -0.3 is 4.42 Å². The molecule has 1 heterocycles. The normalized spacial score (nSPS) is 17.0. The van der Waals surface area contributed by atoms with Gasteiger partial charge in [-0.05, 0) is 37.1 Å². The van der Waals surface area contributed by atoms with Gasteiger partial charge in [0.2, 0.25) is 10.0 Å². The number of sulfonamides is 1. The van der Waals surface area contributed by atoms with E-state index in [4.69, 9.17) is 4.42 Å².